The summed E-state index contributed by atoms with van der Waals surface area (Å²) in [6.45, 7) is 4.75. The van der Waals surface area contributed by atoms with Crippen molar-refractivity contribution in [3.8, 4) is 23.0 Å². The number of rotatable bonds is 7. The number of pyridine rings is 2. The Labute approximate surface area is 250 Å². The van der Waals surface area contributed by atoms with E-state index >= 15 is 0 Å². The quantitative estimate of drug-likeness (QED) is 0.283. The number of anilines is 2. The summed E-state index contributed by atoms with van der Waals surface area (Å²) in [7, 11) is 1.47. The summed E-state index contributed by atoms with van der Waals surface area (Å²) in [5.41, 5.74) is 1.11. The molecule has 13 heteroatoms. The van der Waals surface area contributed by atoms with Crippen LogP contribution >= 0.6 is 23.2 Å². The third-order valence-corrected chi connectivity index (χ3v) is 7.80. The third-order valence-electron chi connectivity index (χ3n) is 7.36. The molecule has 1 N–H and O–H groups in total. The number of nitrogens with zero attached hydrogens (tertiary/aromatic N) is 5. The lowest BCUT2D eigenvalue weighted by atomic mass is 9.87. The summed E-state index contributed by atoms with van der Waals surface area (Å²) < 4.78 is 25.5. The lowest BCUT2D eigenvalue weighted by Crippen LogP contribution is -2.51. The molecule has 0 unspecified atom stereocenters. The zero-order chi connectivity index (χ0) is 29.9. The summed E-state index contributed by atoms with van der Waals surface area (Å²) in [6.07, 6.45) is 2.97. The number of alkyl halides is 1. The van der Waals surface area contributed by atoms with Crippen molar-refractivity contribution in [3.05, 3.63) is 75.4 Å². The van der Waals surface area contributed by atoms with Crippen LogP contribution in [0.25, 0.3) is 11.4 Å². The van der Waals surface area contributed by atoms with E-state index in [4.69, 9.17) is 37.7 Å². The van der Waals surface area contributed by atoms with Gasteiger partial charge < -0.3 is 19.4 Å². The number of nitrogens with one attached hydrogen (secondary N) is 1. The lowest BCUT2D eigenvalue weighted by molar-refractivity contribution is -0.119. The van der Waals surface area contributed by atoms with Gasteiger partial charge in [0.05, 0.1) is 34.8 Å². The van der Waals surface area contributed by atoms with Crippen LogP contribution in [0.5, 0.6) is 11.6 Å². The molecule has 2 aliphatic heterocycles. The molecule has 42 heavy (non-hydrogen) atoms. The second-order valence-electron chi connectivity index (χ2n) is 10.1. The van der Waals surface area contributed by atoms with Crippen LogP contribution in [-0.4, -0.2) is 51.7 Å². The van der Waals surface area contributed by atoms with Gasteiger partial charge in [-0.25, -0.2) is 14.4 Å². The minimum absolute atomic E-state index is 0.0795. The molecule has 0 radical (unpaired) electrons. The Kier molecular flexibility index (Phi) is 6.81. The smallest absolute Gasteiger partial charge is 0.280 e. The van der Waals surface area contributed by atoms with Crippen LogP contribution < -0.4 is 19.7 Å². The van der Waals surface area contributed by atoms with E-state index < -0.39 is 24.0 Å². The number of carbonyl (C=O) groups excluding carboxylic acids is 2. The molecule has 0 aliphatic carbocycles. The summed E-state index contributed by atoms with van der Waals surface area (Å²) in [4.78, 5) is 43.7. The van der Waals surface area contributed by atoms with Crippen LogP contribution in [0.1, 0.15) is 47.3 Å². The molecule has 6 rings (SSSR count). The average Bonchev–Trinajstić information content (AvgIpc) is 3.57. The Hall–Kier alpha value is -4.22. The van der Waals surface area contributed by atoms with Crippen molar-refractivity contribution in [2.24, 2.45) is 0 Å². The summed E-state index contributed by atoms with van der Waals surface area (Å²) in [5, 5.41) is 3.66. The Balaban J connectivity index is 1.67. The Morgan fingerprint density at radius 2 is 1.88 bits per heavy atom. The Bertz CT molecular complexity index is 1780. The van der Waals surface area contributed by atoms with Gasteiger partial charge in [0.2, 0.25) is 5.88 Å². The molecule has 5 heterocycles. The first-order chi connectivity index (χ1) is 20.1. The molecule has 4 aromatic rings. The minimum Gasteiger partial charge on any atom is -0.496 e. The predicted octanol–water partition coefficient (Wildman–Crippen LogP) is 5.75. The molecule has 10 nitrogen and oxygen atoms in total. The number of benzene rings is 1. The molecule has 2 aliphatic rings. The molecule has 0 bridgehead atoms. The number of fused-ring (bicyclic) bond motifs is 4. The molecule has 2 amide bonds. The maximum atomic E-state index is 14.5. The van der Waals surface area contributed by atoms with Crippen molar-refractivity contribution in [2.45, 2.75) is 32.4 Å². The minimum atomic E-state index is -1.66. The first-order valence-corrected chi connectivity index (χ1v) is 13.8. The van der Waals surface area contributed by atoms with E-state index in [2.05, 4.69) is 15.3 Å². The van der Waals surface area contributed by atoms with E-state index in [1.54, 1.807) is 31.2 Å². The van der Waals surface area contributed by atoms with E-state index in [1.165, 1.54) is 30.5 Å². The molecule has 0 saturated carbocycles. The van der Waals surface area contributed by atoms with Crippen molar-refractivity contribution >= 4 is 46.4 Å². The first-order valence-electron chi connectivity index (χ1n) is 13.1. The summed E-state index contributed by atoms with van der Waals surface area (Å²) in [6, 6.07) is 7.91. The summed E-state index contributed by atoms with van der Waals surface area (Å²) >= 11 is 12.7. The number of amides is 2. The van der Waals surface area contributed by atoms with Gasteiger partial charge in [0.1, 0.15) is 24.9 Å². The number of aryl methyl sites for hydroxylation is 1. The molecule has 0 saturated heterocycles. The van der Waals surface area contributed by atoms with Crippen molar-refractivity contribution < 1.29 is 23.5 Å². The number of methoxy groups -OCH3 is 1. The maximum absolute atomic E-state index is 14.5. The Morgan fingerprint density at radius 1 is 1.10 bits per heavy atom. The van der Waals surface area contributed by atoms with Crippen LogP contribution in [0.2, 0.25) is 10.0 Å². The van der Waals surface area contributed by atoms with E-state index in [9.17, 15) is 14.0 Å². The molecule has 1 spiro atoms. The van der Waals surface area contributed by atoms with Gasteiger partial charge in [-0.2, -0.15) is 0 Å². The predicted molar refractivity (Wildman–Crippen MR) is 156 cm³/mol. The topological polar surface area (TPSA) is 111 Å². The maximum Gasteiger partial charge on any atom is 0.280 e. The van der Waals surface area contributed by atoms with E-state index in [1.807, 2.05) is 18.4 Å². The molecule has 3 aromatic heterocycles. The van der Waals surface area contributed by atoms with Gasteiger partial charge in [-0.3, -0.25) is 19.5 Å². The highest BCUT2D eigenvalue weighted by Gasteiger charge is 2.64. The van der Waals surface area contributed by atoms with Crippen LogP contribution in [0.3, 0.4) is 0 Å². The van der Waals surface area contributed by atoms with Crippen LogP contribution in [0.15, 0.2) is 42.7 Å². The fourth-order valence-corrected chi connectivity index (χ4v) is 6.03. The van der Waals surface area contributed by atoms with Crippen molar-refractivity contribution in [1.82, 2.24) is 19.5 Å². The second kappa shape index (κ2) is 10.2. The molecule has 1 atom stereocenters. The number of halogens is 3. The largest absolute Gasteiger partial charge is 0.496 e. The molecule has 1 aromatic carbocycles. The highest BCUT2D eigenvalue weighted by Crippen LogP contribution is 2.55. The van der Waals surface area contributed by atoms with E-state index in [0.717, 1.165) is 0 Å². The average molecular weight is 611 g/mol. The number of hydrogen-bond acceptors (Lipinski definition) is 7. The number of carbonyl (C=O) groups is 2. The third kappa shape index (κ3) is 3.94. The van der Waals surface area contributed by atoms with Crippen molar-refractivity contribution in [3.63, 3.8) is 0 Å². The van der Waals surface area contributed by atoms with Gasteiger partial charge in [-0.1, -0.05) is 29.3 Å². The summed E-state index contributed by atoms with van der Waals surface area (Å²) in [5.74, 6) is -0.0852. The second-order valence-corrected chi connectivity index (χ2v) is 11.0. The van der Waals surface area contributed by atoms with Gasteiger partial charge in [-0.15, -0.1) is 0 Å². The van der Waals surface area contributed by atoms with E-state index in [-0.39, 0.29) is 24.2 Å². The fourth-order valence-electron chi connectivity index (χ4n) is 5.70. The zero-order valence-corrected chi connectivity index (χ0v) is 24.5. The van der Waals surface area contributed by atoms with Gasteiger partial charge in [-0.05, 0) is 39.0 Å². The highest BCUT2D eigenvalue weighted by atomic mass is 35.5. The first kappa shape index (κ1) is 27.9. The molecule has 216 valence electrons. The van der Waals surface area contributed by atoms with Crippen LogP contribution in [0, 0.1) is 6.92 Å². The fraction of sp³-hybridized carbons (Fsp3) is 0.276. The van der Waals surface area contributed by atoms with Crippen LogP contribution in [-0.2, 0) is 10.3 Å². The highest BCUT2D eigenvalue weighted by molar-refractivity contribution is 6.32. The molecular formula is C29H25Cl2FN6O4. The van der Waals surface area contributed by atoms with E-state index in [0.29, 0.717) is 55.5 Å². The van der Waals surface area contributed by atoms with Gasteiger partial charge >= 0.3 is 0 Å². The van der Waals surface area contributed by atoms with Crippen molar-refractivity contribution in [1.29, 1.82) is 0 Å². The lowest BCUT2D eigenvalue weighted by Gasteiger charge is -2.36. The van der Waals surface area contributed by atoms with Gasteiger partial charge in [0.25, 0.3) is 11.8 Å². The number of hydrogen-bond donors (Lipinski definition) is 1. The Morgan fingerprint density at radius 3 is 2.60 bits per heavy atom. The zero-order valence-electron chi connectivity index (χ0n) is 23.0. The van der Waals surface area contributed by atoms with Crippen molar-refractivity contribution in [2.75, 3.05) is 30.6 Å². The van der Waals surface area contributed by atoms with Crippen LogP contribution in [0.4, 0.5) is 15.8 Å². The standard InChI is InChI=1S/C29H25Cl2FN6O4/c1-14(2)37-25-24(36-26(37)18-13-34-23(42-8-7-32)11-22(18)41-4)27(39)38(21-10-17(31)12-33-15(21)3)29(25)19-6-5-16(30)9-20(19)35-28(29)40/h5-6,9-14H,7-8H2,1-4H3,(H,35,40)/t29-/m1/s1. The monoisotopic (exact) mass is 610 g/mol. The molecular weight excluding hydrogens is 586 g/mol. The van der Waals surface area contributed by atoms with Gasteiger partial charge in [0, 0.05) is 40.8 Å². The SMILES string of the molecule is COc1cc(OCCF)ncc1-c1nc2c(n1C(C)C)[C@]1(C(=O)Nc3cc(Cl)ccc31)N(c1cc(Cl)cnc1C)C2=O. The van der Waals surface area contributed by atoms with Gasteiger partial charge in [0.15, 0.2) is 11.2 Å². The molecule has 0 fully saturated rings. The number of aromatic nitrogens is 4. The number of imidazole rings is 1. The normalized spacial score (nSPS) is 17.2. The number of ether oxygens (including phenoxy) is 2.